The van der Waals surface area contributed by atoms with Gasteiger partial charge in [-0.15, -0.1) is 0 Å². The van der Waals surface area contributed by atoms with Crippen molar-refractivity contribution < 1.29 is 14.6 Å². The maximum Gasteiger partial charge on any atom is 0.223 e. The van der Waals surface area contributed by atoms with E-state index in [1.807, 2.05) is 36.4 Å². The maximum absolute atomic E-state index is 11.7. The van der Waals surface area contributed by atoms with Crippen LogP contribution in [0.5, 0.6) is 5.75 Å². The number of rotatable bonds is 7. The summed E-state index contributed by atoms with van der Waals surface area (Å²) in [7, 11) is 0. The van der Waals surface area contributed by atoms with Gasteiger partial charge in [0.1, 0.15) is 18.4 Å². The molecule has 0 spiro atoms. The molecule has 0 aliphatic rings. The van der Waals surface area contributed by atoms with E-state index >= 15 is 0 Å². The van der Waals surface area contributed by atoms with E-state index in [0.29, 0.717) is 17.9 Å². The minimum atomic E-state index is -0.918. The molecule has 2 aromatic carbocycles. The van der Waals surface area contributed by atoms with Gasteiger partial charge in [-0.25, -0.2) is 0 Å². The summed E-state index contributed by atoms with van der Waals surface area (Å²) in [5, 5.41) is 21.2. The van der Waals surface area contributed by atoms with Crippen molar-refractivity contribution in [1.29, 1.82) is 5.26 Å². The molecule has 2 rings (SSSR count). The number of carbonyl (C=O) groups is 1. The molecule has 0 radical (unpaired) electrons. The Morgan fingerprint density at radius 3 is 2.50 bits per heavy atom. The van der Waals surface area contributed by atoms with Gasteiger partial charge in [0.2, 0.25) is 5.91 Å². The summed E-state index contributed by atoms with van der Waals surface area (Å²) in [6.45, 7) is 2.06. The lowest BCUT2D eigenvalue weighted by atomic mass is 10.1. The molecule has 0 aliphatic heterocycles. The molecule has 124 valence electrons. The van der Waals surface area contributed by atoms with E-state index in [4.69, 9.17) is 10.00 Å². The maximum atomic E-state index is 11.7. The number of benzene rings is 2. The van der Waals surface area contributed by atoms with Gasteiger partial charge in [-0.3, -0.25) is 4.79 Å². The van der Waals surface area contributed by atoms with Crippen LogP contribution in [-0.2, 0) is 11.4 Å². The van der Waals surface area contributed by atoms with Crippen molar-refractivity contribution in [2.45, 2.75) is 32.1 Å². The van der Waals surface area contributed by atoms with E-state index in [9.17, 15) is 9.90 Å². The zero-order valence-corrected chi connectivity index (χ0v) is 13.5. The zero-order chi connectivity index (χ0) is 17.4. The molecule has 0 heterocycles. The number of hydrogen-bond donors (Lipinski definition) is 2. The first-order valence-electron chi connectivity index (χ1n) is 7.72. The number of aliphatic hydroxyl groups excluding tert-OH is 1. The van der Waals surface area contributed by atoms with Crippen molar-refractivity contribution in [1.82, 2.24) is 5.32 Å². The molecule has 2 N–H and O–H groups in total. The number of nitrogens with zero attached hydrogens (tertiary/aromatic N) is 1. The molecule has 2 unspecified atom stereocenters. The van der Waals surface area contributed by atoms with Gasteiger partial charge in [-0.1, -0.05) is 42.5 Å². The fourth-order valence-corrected chi connectivity index (χ4v) is 2.15. The van der Waals surface area contributed by atoms with Gasteiger partial charge >= 0.3 is 0 Å². The summed E-state index contributed by atoms with van der Waals surface area (Å²) in [5.74, 6) is 0.332. The summed E-state index contributed by atoms with van der Waals surface area (Å²) in [6.07, 6.45) is -1.00. The molecule has 0 saturated carbocycles. The first-order chi connectivity index (χ1) is 11.6. The molecule has 1 amide bonds. The summed E-state index contributed by atoms with van der Waals surface area (Å²) in [4.78, 5) is 11.7. The predicted molar refractivity (Wildman–Crippen MR) is 90.0 cm³/mol. The second-order valence-corrected chi connectivity index (χ2v) is 5.48. The van der Waals surface area contributed by atoms with Crippen molar-refractivity contribution in [3.05, 3.63) is 65.7 Å². The number of carbonyl (C=O) groups excluding carboxylic acids is 1. The summed E-state index contributed by atoms with van der Waals surface area (Å²) >= 11 is 0. The van der Waals surface area contributed by atoms with Crippen LogP contribution in [0.3, 0.4) is 0 Å². The van der Waals surface area contributed by atoms with E-state index in [1.54, 1.807) is 31.2 Å². The summed E-state index contributed by atoms with van der Waals surface area (Å²) in [5.41, 5.74) is 1.70. The molecule has 2 aromatic rings. The fourth-order valence-electron chi connectivity index (χ4n) is 2.15. The van der Waals surface area contributed by atoms with E-state index < -0.39 is 12.1 Å². The van der Waals surface area contributed by atoms with Crippen LogP contribution in [0.25, 0.3) is 0 Å². The number of aliphatic hydroxyl groups is 1. The van der Waals surface area contributed by atoms with Gasteiger partial charge in [0.05, 0.1) is 18.6 Å². The smallest absolute Gasteiger partial charge is 0.223 e. The van der Waals surface area contributed by atoms with E-state index in [-0.39, 0.29) is 12.3 Å². The number of ether oxygens (including phenoxy) is 1. The van der Waals surface area contributed by atoms with Crippen molar-refractivity contribution in [2.75, 3.05) is 0 Å². The average molecular weight is 324 g/mol. The lowest BCUT2D eigenvalue weighted by Crippen LogP contribution is -2.32. The van der Waals surface area contributed by atoms with Crippen molar-refractivity contribution in [3.63, 3.8) is 0 Å². The van der Waals surface area contributed by atoms with Crippen molar-refractivity contribution in [3.8, 4) is 11.8 Å². The van der Waals surface area contributed by atoms with E-state index in [0.717, 1.165) is 5.56 Å². The molecule has 0 saturated heterocycles. The molecule has 0 fully saturated rings. The minimum Gasteiger partial charge on any atom is -0.489 e. The number of hydrogen-bond acceptors (Lipinski definition) is 4. The summed E-state index contributed by atoms with van der Waals surface area (Å²) < 4.78 is 5.68. The van der Waals surface area contributed by atoms with Gasteiger partial charge in [-0.2, -0.15) is 5.26 Å². The molecular formula is C19H20N2O3. The molecule has 5 heteroatoms. The molecule has 0 bridgehead atoms. The van der Waals surface area contributed by atoms with Gasteiger partial charge < -0.3 is 15.2 Å². The highest BCUT2D eigenvalue weighted by Crippen LogP contribution is 2.21. The van der Waals surface area contributed by atoms with Gasteiger partial charge in [-0.05, 0) is 30.2 Å². The Hall–Kier alpha value is -2.84. The molecular weight excluding hydrogens is 304 g/mol. The Morgan fingerprint density at radius 2 is 1.88 bits per heavy atom. The van der Waals surface area contributed by atoms with Crippen LogP contribution in [0.4, 0.5) is 0 Å². The molecule has 5 nitrogen and oxygen atoms in total. The lowest BCUT2D eigenvalue weighted by Gasteiger charge is -2.13. The molecule has 0 aliphatic carbocycles. The second-order valence-electron chi connectivity index (χ2n) is 5.48. The minimum absolute atomic E-state index is 0.0871. The van der Waals surface area contributed by atoms with Crippen LogP contribution in [0.1, 0.15) is 30.6 Å². The largest absolute Gasteiger partial charge is 0.489 e. The Bertz CT molecular complexity index is 693. The van der Waals surface area contributed by atoms with Crippen LogP contribution in [-0.4, -0.2) is 17.1 Å². The van der Waals surface area contributed by atoms with E-state index in [1.165, 1.54) is 0 Å². The number of nitriles is 1. The average Bonchev–Trinajstić information content (AvgIpc) is 2.61. The molecule has 2 atom stereocenters. The predicted octanol–water partition coefficient (Wildman–Crippen LogP) is 2.72. The second kappa shape index (κ2) is 8.70. The Labute approximate surface area is 141 Å². The summed E-state index contributed by atoms with van der Waals surface area (Å²) in [6, 6.07) is 18.2. The third-order valence-electron chi connectivity index (χ3n) is 3.46. The monoisotopic (exact) mass is 324 g/mol. The van der Waals surface area contributed by atoms with Crippen molar-refractivity contribution >= 4 is 5.91 Å². The van der Waals surface area contributed by atoms with Crippen LogP contribution < -0.4 is 10.1 Å². The SMILES string of the molecule is CC(C#N)NC(=O)CC(O)c1ccc(OCc2ccccc2)cc1. The Kier molecular flexibility index (Phi) is 6.35. The Morgan fingerprint density at radius 1 is 1.21 bits per heavy atom. The highest BCUT2D eigenvalue weighted by molar-refractivity contribution is 5.77. The topological polar surface area (TPSA) is 82.4 Å². The third kappa shape index (κ3) is 5.41. The number of nitrogens with one attached hydrogen (secondary N) is 1. The highest BCUT2D eigenvalue weighted by atomic mass is 16.5. The molecule has 24 heavy (non-hydrogen) atoms. The van der Waals surface area contributed by atoms with Crippen LogP contribution in [0.15, 0.2) is 54.6 Å². The lowest BCUT2D eigenvalue weighted by molar-refractivity contribution is -0.123. The number of amides is 1. The molecule has 0 aromatic heterocycles. The van der Waals surface area contributed by atoms with Crippen LogP contribution in [0.2, 0.25) is 0 Å². The van der Waals surface area contributed by atoms with Gasteiger partial charge in [0.25, 0.3) is 0 Å². The van der Waals surface area contributed by atoms with Crippen LogP contribution in [0, 0.1) is 11.3 Å². The standard InChI is InChI=1S/C19H20N2O3/c1-14(12-20)21-19(23)11-18(22)16-7-9-17(10-8-16)24-13-15-5-3-2-4-6-15/h2-10,14,18,22H,11,13H2,1H3,(H,21,23). The van der Waals surface area contributed by atoms with E-state index in [2.05, 4.69) is 5.32 Å². The van der Waals surface area contributed by atoms with Gasteiger partial charge in [0.15, 0.2) is 0 Å². The zero-order valence-electron chi connectivity index (χ0n) is 13.5. The van der Waals surface area contributed by atoms with Crippen LogP contribution >= 0.6 is 0 Å². The Balaban J connectivity index is 1.87. The normalized spacial score (nSPS) is 12.7. The van der Waals surface area contributed by atoms with Gasteiger partial charge in [0, 0.05) is 0 Å². The fraction of sp³-hybridized carbons (Fsp3) is 0.263. The van der Waals surface area contributed by atoms with Crippen molar-refractivity contribution in [2.24, 2.45) is 0 Å². The first kappa shape index (κ1) is 17.5. The third-order valence-corrected chi connectivity index (χ3v) is 3.46. The quantitative estimate of drug-likeness (QED) is 0.820. The first-order valence-corrected chi connectivity index (χ1v) is 7.72. The highest BCUT2D eigenvalue weighted by Gasteiger charge is 2.14.